The van der Waals surface area contributed by atoms with E-state index in [0.717, 1.165) is 18.6 Å². The number of aryl methyl sites for hydroxylation is 1. The first-order valence-corrected chi connectivity index (χ1v) is 7.74. The Kier molecular flexibility index (Phi) is 5.71. The lowest BCUT2D eigenvalue weighted by Crippen LogP contribution is -1.90. The molecule has 0 amide bonds. The third-order valence-corrected chi connectivity index (χ3v) is 3.84. The van der Waals surface area contributed by atoms with Gasteiger partial charge in [0.2, 0.25) is 0 Å². The Morgan fingerprint density at radius 2 is 1.79 bits per heavy atom. The number of phenolic OH excluding ortho intramolecular Hbond substituents is 1. The molecule has 0 aliphatic carbocycles. The zero-order valence-corrected chi connectivity index (χ0v) is 12.0. The van der Waals surface area contributed by atoms with Gasteiger partial charge in [0.15, 0.2) is 0 Å². The summed E-state index contributed by atoms with van der Waals surface area (Å²) in [6, 6.07) is 5.97. The summed E-state index contributed by atoms with van der Waals surface area (Å²) >= 11 is 0. The predicted molar refractivity (Wildman–Crippen MR) is 78.5 cm³/mol. The molecule has 0 aromatic heterocycles. The van der Waals surface area contributed by atoms with Gasteiger partial charge in [-0.05, 0) is 30.5 Å². The van der Waals surface area contributed by atoms with Crippen LogP contribution in [0.3, 0.4) is 0 Å². The molecule has 1 saturated heterocycles. The van der Waals surface area contributed by atoms with Crippen LogP contribution in [0, 0.1) is 0 Å². The molecule has 1 unspecified atom stereocenters. The number of hydrogen-bond donors (Lipinski definition) is 1. The minimum absolute atomic E-state index is 0.147. The number of epoxide rings is 1. The number of rotatable bonds is 9. The summed E-state index contributed by atoms with van der Waals surface area (Å²) in [6.45, 7) is 3.01. The number of ether oxygens (including phenoxy) is 1. The van der Waals surface area contributed by atoms with E-state index >= 15 is 0 Å². The number of phenols is 1. The highest BCUT2D eigenvalue weighted by Crippen LogP contribution is 2.36. The van der Waals surface area contributed by atoms with Gasteiger partial charge in [0.05, 0.1) is 6.61 Å². The van der Waals surface area contributed by atoms with Crippen LogP contribution < -0.4 is 0 Å². The molecule has 1 aromatic carbocycles. The van der Waals surface area contributed by atoms with Crippen molar-refractivity contribution in [2.45, 2.75) is 64.4 Å². The fourth-order valence-electron chi connectivity index (χ4n) is 2.53. The van der Waals surface area contributed by atoms with Crippen LogP contribution in [-0.4, -0.2) is 11.7 Å². The van der Waals surface area contributed by atoms with E-state index in [1.807, 2.05) is 12.1 Å². The van der Waals surface area contributed by atoms with E-state index in [9.17, 15) is 5.11 Å². The molecule has 1 aliphatic rings. The molecule has 0 radical (unpaired) electrons. The maximum Gasteiger partial charge on any atom is 0.121 e. The van der Waals surface area contributed by atoms with Gasteiger partial charge >= 0.3 is 0 Å². The molecule has 1 aromatic rings. The predicted octanol–water partition coefficient (Wildman–Crippen LogP) is 4.76. The van der Waals surface area contributed by atoms with Crippen LogP contribution in [0.4, 0.5) is 0 Å². The molecule has 0 spiro atoms. The fourth-order valence-corrected chi connectivity index (χ4v) is 2.53. The van der Waals surface area contributed by atoms with Gasteiger partial charge in [0.25, 0.3) is 0 Å². The molecule has 1 fully saturated rings. The van der Waals surface area contributed by atoms with Crippen molar-refractivity contribution in [1.29, 1.82) is 0 Å². The van der Waals surface area contributed by atoms with Crippen molar-refractivity contribution in [3.05, 3.63) is 29.3 Å². The summed E-state index contributed by atoms with van der Waals surface area (Å²) in [5.74, 6) is 0.380. The average molecular weight is 262 g/mol. The van der Waals surface area contributed by atoms with Gasteiger partial charge in [-0.2, -0.15) is 0 Å². The Morgan fingerprint density at radius 1 is 1.11 bits per heavy atom. The van der Waals surface area contributed by atoms with Crippen LogP contribution in [-0.2, 0) is 11.2 Å². The van der Waals surface area contributed by atoms with E-state index in [2.05, 4.69) is 13.0 Å². The molecule has 1 aliphatic heterocycles. The molecular weight excluding hydrogens is 236 g/mol. The molecule has 1 N–H and O–H groups in total. The summed E-state index contributed by atoms with van der Waals surface area (Å²) in [6.07, 6.45) is 10.7. The normalized spacial score (nSPS) is 17.6. The van der Waals surface area contributed by atoms with E-state index in [0.29, 0.717) is 5.75 Å². The van der Waals surface area contributed by atoms with Crippen molar-refractivity contribution in [1.82, 2.24) is 0 Å². The van der Waals surface area contributed by atoms with Gasteiger partial charge < -0.3 is 9.84 Å². The van der Waals surface area contributed by atoms with Crippen molar-refractivity contribution >= 4 is 0 Å². The van der Waals surface area contributed by atoms with Crippen LogP contribution in [0.15, 0.2) is 18.2 Å². The molecule has 1 atom stereocenters. The lowest BCUT2D eigenvalue weighted by atomic mass is 10.0. The van der Waals surface area contributed by atoms with Gasteiger partial charge in [-0.3, -0.25) is 0 Å². The molecule has 19 heavy (non-hydrogen) atoms. The monoisotopic (exact) mass is 262 g/mol. The van der Waals surface area contributed by atoms with Crippen LogP contribution in [0.5, 0.6) is 5.75 Å². The maximum atomic E-state index is 9.76. The van der Waals surface area contributed by atoms with Gasteiger partial charge in [0, 0.05) is 5.56 Å². The summed E-state index contributed by atoms with van der Waals surface area (Å²) in [5.41, 5.74) is 2.30. The quantitative estimate of drug-likeness (QED) is 0.514. The highest BCUT2D eigenvalue weighted by atomic mass is 16.6. The zero-order chi connectivity index (χ0) is 13.5. The number of aromatic hydroxyl groups is 1. The number of hydrogen-bond acceptors (Lipinski definition) is 2. The average Bonchev–Trinajstić information content (AvgIpc) is 3.24. The molecule has 0 bridgehead atoms. The second kappa shape index (κ2) is 7.54. The summed E-state index contributed by atoms with van der Waals surface area (Å²) in [4.78, 5) is 0. The Morgan fingerprint density at radius 3 is 2.47 bits per heavy atom. The van der Waals surface area contributed by atoms with Crippen LogP contribution >= 0.6 is 0 Å². The minimum Gasteiger partial charge on any atom is -0.508 e. The number of benzene rings is 1. The molecule has 2 nitrogen and oxygen atoms in total. The van der Waals surface area contributed by atoms with E-state index in [-0.39, 0.29) is 6.10 Å². The molecule has 106 valence electrons. The molecule has 1 heterocycles. The first-order chi connectivity index (χ1) is 9.31. The standard InChI is InChI=1S/C17H26O2/c1-2-3-4-5-6-7-8-9-14-10-11-16(18)15(12-14)17-13-19-17/h10-12,17-18H,2-9,13H2,1H3. The lowest BCUT2D eigenvalue weighted by molar-refractivity contribution is 0.400. The Hall–Kier alpha value is -1.02. The molecular formula is C17H26O2. The lowest BCUT2D eigenvalue weighted by Gasteiger charge is -2.06. The zero-order valence-electron chi connectivity index (χ0n) is 12.0. The van der Waals surface area contributed by atoms with Crippen molar-refractivity contribution < 1.29 is 9.84 Å². The van der Waals surface area contributed by atoms with Crippen molar-refractivity contribution in [3.63, 3.8) is 0 Å². The van der Waals surface area contributed by atoms with Crippen molar-refractivity contribution in [3.8, 4) is 5.75 Å². The van der Waals surface area contributed by atoms with E-state index in [4.69, 9.17) is 4.74 Å². The van der Waals surface area contributed by atoms with Crippen molar-refractivity contribution in [2.75, 3.05) is 6.61 Å². The Labute approximate surface area is 116 Å². The fraction of sp³-hybridized carbons (Fsp3) is 0.647. The topological polar surface area (TPSA) is 32.8 Å². The summed E-state index contributed by atoms with van der Waals surface area (Å²) in [7, 11) is 0. The molecule has 2 rings (SSSR count). The first-order valence-electron chi connectivity index (χ1n) is 7.74. The van der Waals surface area contributed by atoms with E-state index < -0.39 is 0 Å². The van der Waals surface area contributed by atoms with Gasteiger partial charge in [-0.15, -0.1) is 0 Å². The highest BCUT2D eigenvalue weighted by molar-refractivity contribution is 5.39. The van der Waals surface area contributed by atoms with Crippen LogP contribution in [0.25, 0.3) is 0 Å². The Balaban J connectivity index is 1.67. The summed E-state index contributed by atoms with van der Waals surface area (Å²) < 4.78 is 5.25. The largest absolute Gasteiger partial charge is 0.508 e. The third kappa shape index (κ3) is 4.87. The highest BCUT2D eigenvalue weighted by Gasteiger charge is 2.27. The second-order valence-electron chi connectivity index (χ2n) is 5.59. The number of unbranched alkanes of at least 4 members (excludes halogenated alkanes) is 6. The molecule has 0 saturated carbocycles. The Bertz CT molecular complexity index is 383. The van der Waals surface area contributed by atoms with Gasteiger partial charge in [-0.25, -0.2) is 0 Å². The third-order valence-electron chi connectivity index (χ3n) is 3.84. The van der Waals surface area contributed by atoms with Crippen molar-refractivity contribution in [2.24, 2.45) is 0 Å². The van der Waals surface area contributed by atoms with Gasteiger partial charge in [-0.1, -0.05) is 51.5 Å². The maximum absolute atomic E-state index is 9.76. The van der Waals surface area contributed by atoms with Crippen LogP contribution in [0.1, 0.15) is 69.1 Å². The van der Waals surface area contributed by atoms with E-state index in [1.54, 1.807) is 0 Å². The second-order valence-corrected chi connectivity index (χ2v) is 5.59. The van der Waals surface area contributed by atoms with Gasteiger partial charge in [0.1, 0.15) is 11.9 Å². The van der Waals surface area contributed by atoms with Crippen LogP contribution in [0.2, 0.25) is 0 Å². The minimum atomic E-state index is 0.147. The molecule has 2 heteroatoms. The summed E-state index contributed by atoms with van der Waals surface area (Å²) in [5, 5.41) is 9.76. The SMILES string of the molecule is CCCCCCCCCc1ccc(O)c(C2CO2)c1. The van der Waals surface area contributed by atoms with E-state index in [1.165, 1.54) is 50.5 Å². The first kappa shape index (κ1) is 14.4. The smallest absolute Gasteiger partial charge is 0.121 e.